The summed E-state index contributed by atoms with van der Waals surface area (Å²) in [6, 6.07) is 4.83. The summed E-state index contributed by atoms with van der Waals surface area (Å²) in [6.45, 7) is 4.24. The van der Waals surface area contributed by atoms with E-state index in [0.717, 1.165) is 6.54 Å². The monoisotopic (exact) mass is 251 g/mol. The van der Waals surface area contributed by atoms with Gasteiger partial charge in [0.25, 0.3) is 0 Å². The Bertz CT molecular complexity index is 425. The van der Waals surface area contributed by atoms with Gasteiger partial charge in [0, 0.05) is 25.7 Å². The van der Waals surface area contributed by atoms with Gasteiger partial charge in [-0.1, -0.05) is 6.07 Å². The van der Waals surface area contributed by atoms with Crippen LogP contribution in [0.2, 0.25) is 0 Å². The van der Waals surface area contributed by atoms with Gasteiger partial charge in [-0.15, -0.1) is 0 Å². The minimum Gasteiger partial charge on any atom is -0.480 e. The van der Waals surface area contributed by atoms with Crippen LogP contribution in [-0.2, 0) is 4.79 Å². The largest absolute Gasteiger partial charge is 0.480 e. The van der Waals surface area contributed by atoms with Crippen LogP contribution < -0.4 is 15.0 Å². The number of aromatic nitrogens is 1. The number of rotatable bonds is 4. The van der Waals surface area contributed by atoms with Crippen molar-refractivity contribution in [1.82, 2.24) is 10.3 Å². The van der Waals surface area contributed by atoms with Crippen molar-refractivity contribution in [1.29, 1.82) is 0 Å². The summed E-state index contributed by atoms with van der Waals surface area (Å²) in [5.41, 5.74) is 0. The van der Waals surface area contributed by atoms with Gasteiger partial charge < -0.3 is 20.1 Å². The van der Waals surface area contributed by atoms with Crippen LogP contribution in [0.1, 0.15) is 6.92 Å². The topological polar surface area (TPSA) is 74.7 Å². The Labute approximate surface area is 106 Å². The molecular formula is C12H17N3O3. The van der Waals surface area contributed by atoms with E-state index in [1.54, 1.807) is 11.0 Å². The Morgan fingerprint density at radius 1 is 1.67 bits per heavy atom. The number of carboxylic acids is 1. The predicted molar refractivity (Wildman–Crippen MR) is 67.0 cm³/mol. The number of pyridine rings is 1. The number of carbonyl (C=O) groups is 1. The first kappa shape index (κ1) is 12.6. The lowest BCUT2D eigenvalue weighted by Crippen LogP contribution is -2.55. The Morgan fingerprint density at radius 3 is 3.22 bits per heavy atom. The van der Waals surface area contributed by atoms with Crippen LogP contribution in [0.5, 0.6) is 5.88 Å². The molecule has 18 heavy (non-hydrogen) atoms. The third kappa shape index (κ3) is 2.70. The molecule has 98 valence electrons. The summed E-state index contributed by atoms with van der Waals surface area (Å²) in [5, 5.41) is 12.3. The first-order valence-corrected chi connectivity index (χ1v) is 6.02. The van der Waals surface area contributed by atoms with E-state index in [-0.39, 0.29) is 0 Å². The van der Waals surface area contributed by atoms with E-state index in [2.05, 4.69) is 10.3 Å². The van der Waals surface area contributed by atoms with Crippen LogP contribution in [0.15, 0.2) is 18.2 Å². The van der Waals surface area contributed by atoms with Crippen LogP contribution in [-0.4, -0.2) is 48.3 Å². The molecule has 0 spiro atoms. The van der Waals surface area contributed by atoms with Crippen molar-refractivity contribution in [3.8, 4) is 5.88 Å². The fourth-order valence-corrected chi connectivity index (χ4v) is 1.99. The van der Waals surface area contributed by atoms with E-state index < -0.39 is 12.0 Å². The third-order valence-electron chi connectivity index (χ3n) is 2.82. The molecule has 1 atom stereocenters. The van der Waals surface area contributed by atoms with Gasteiger partial charge >= 0.3 is 5.97 Å². The third-order valence-corrected chi connectivity index (χ3v) is 2.82. The molecule has 1 fully saturated rings. The molecule has 1 aromatic rings. The number of aliphatic carboxylic acids is 1. The maximum atomic E-state index is 11.2. The Kier molecular flexibility index (Phi) is 3.99. The van der Waals surface area contributed by atoms with Crippen LogP contribution >= 0.6 is 0 Å². The fourth-order valence-electron chi connectivity index (χ4n) is 1.99. The predicted octanol–water partition coefficient (Wildman–Crippen LogP) is 0.343. The van der Waals surface area contributed by atoms with Gasteiger partial charge in [0.05, 0.1) is 6.61 Å². The molecule has 1 unspecified atom stereocenters. The average Bonchev–Trinajstić information content (AvgIpc) is 2.39. The number of nitrogens with zero attached hydrogens (tertiary/aromatic N) is 2. The van der Waals surface area contributed by atoms with Crippen LogP contribution in [0.4, 0.5) is 5.82 Å². The second-order valence-electron chi connectivity index (χ2n) is 4.02. The number of anilines is 1. The zero-order valence-electron chi connectivity index (χ0n) is 10.3. The van der Waals surface area contributed by atoms with Gasteiger partial charge in [-0.25, -0.2) is 4.79 Å². The molecule has 2 N–H and O–H groups in total. The van der Waals surface area contributed by atoms with E-state index in [0.29, 0.717) is 31.4 Å². The molecule has 6 nitrogen and oxygen atoms in total. The van der Waals surface area contributed by atoms with Gasteiger partial charge in [0.2, 0.25) is 5.88 Å². The Morgan fingerprint density at radius 2 is 2.50 bits per heavy atom. The van der Waals surface area contributed by atoms with E-state index in [4.69, 9.17) is 4.74 Å². The Hall–Kier alpha value is -1.82. The zero-order chi connectivity index (χ0) is 13.0. The highest BCUT2D eigenvalue weighted by Crippen LogP contribution is 2.19. The lowest BCUT2D eigenvalue weighted by Gasteiger charge is -2.34. The summed E-state index contributed by atoms with van der Waals surface area (Å²) < 4.78 is 5.33. The maximum absolute atomic E-state index is 11.2. The van der Waals surface area contributed by atoms with E-state index >= 15 is 0 Å². The molecule has 0 bridgehead atoms. The van der Waals surface area contributed by atoms with Crippen molar-refractivity contribution < 1.29 is 14.6 Å². The summed E-state index contributed by atoms with van der Waals surface area (Å²) in [6.07, 6.45) is 0. The van der Waals surface area contributed by atoms with Crippen molar-refractivity contribution in [2.75, 3.05) is 31.1 Å². The van der Waals surface area contributed by atoms with Crippen molar-refractivity contribution in [2.45, 2.75) is 13.0 Å². The van der Waals surface area contributed by atoms with Crippen LogP contribution in [0, 0.1) is 0 Å². The molecule has 2 heterocycles. The molecule has 6 heteroatoms. The summed E-state index contributed by atoms with van der Waals surface area (Å²) >= 11 is 0. The Balaban J connectivity index is 2.22. The van der Waals surface area contributed by atoms with Crippen molar-refractivity contribution in [3.05, 3.63) is 18.2 Å². The highest BCUT2D eigenvalue weighted by molar-refractivity contribution is 5.78. The number of nitrogens with one attached hydrogen (secondary N) is 1. The quantitative estimate of drug-likeness (QED) is 0.804. The van der Waals surface area contributed by atoms with Gasteiger partial charge in [-0.3, -0.25) is 0 Å². The summed E-state index contributed by atoms with van der Waals surface area (Å²) in [7, 11) is 0. The van der Waals surface area contributed by atoms with Gasteiger partial charge in [0.15, 0.2) is 0 Å². The number of piperazine rings is 1. The first-order valence-electron chi connectivity index (χ1n) is 6.02. The average molecular weight is 251 g/mol. The molecule has 0 saturated carbocycles. The fraction of sp³-hybridized carbons (Fsp3) is 0.500. The lowest BCUT2D eigenvalue weighted by molar-refractivity contribution is -0.138. The van der Waals surface area contributed by atoms with Crippen molar-refractivity contribution in [2.24, 2.45) is 0 Å². The second kappa shape index (κ2) is 5.68. The summed E-state index contributed by atoms with van der Waals surface area (Å²) in [5.74, 6) is 0.332. The van der Waals surface area contributed by atoms with E-state index in [1.807, 2.05) is 19.1 Å². The summed E-state index contributed by atoms with van der Waals surface area (Å²) in [4.78, 5) is 17.3. The first-order chi connectivity index (χ1) is 8.72. The van der Waals surface area contributed by atoms with Crippen molar-refractivity contribution >= 4 is 11.8 Å². The van der Waals surface area contributed by atoms with Gasteiger partial charge in [-0.05, 0) is 13.0 Å². The number of ether oxygens (including phenoxy) is 1. The number of hydrogen-bond acceptors (Lipinski definition) is 5. The minimum absolute atomic E-state index is 0.426. The smallest absolute Gasteiger partial charge is 0.327 e. The molecule has 0 aromatic carbocycles. The number of carboxylic acid groups (broad SMARTS) is 1. The minimum atomic E-state index is -0.842. The molecule has 2 rings (SSSR count). The maximum Gasteiger partial charge on any atom is 0.327 e. The normalized spacial score (nSPS) is 19.6. The van der Waals surface area contributed by atoms with Crippen LogP contribution in [0.25, 0.3) is 0 Å². The highest BCUT2D eigenvalue weighted by Gasteiger charge is 2.29. The highest BCUT2D eigenvalue weighted by atomic mass is 16.5. The molecule has 1 aliphatic heterocycles. The molecule has 0 aliphatic carbocycles. The van der Waals surface area contributed by atoms with E-state index in [1.165, 1.54) is 0 Å². The van der Waals surface area contributed by atoms with E-state index in [9.17, 15) is 9.90 Å². The van der Waals surface area contributed by atoms with Gasteiger partial charge in [-0.2, -0.15) is 4.98 Å². The zero-order valence-corrected chi connectivity index (χ0v) is 10.3. The molecule has 1 aromatic heterocycles. The standard InChI is InChI=1S/C12H17N3O3/c1-2-18-11-5-3-4-10(14-11)15-7-6-13-8-9(15)12(16)17/h3-5,9,13H,2,6-8H2,1H3,(H,16,17). The molecular weight excluding hydrogens is 234 g/mol. The van der Waals surface area contributed by atoms with Crippen molar-refractivity contribution in [3.63, 3.8) is 0 Å². The van der Waals surface area contributed by atoms with Crippen LogP contribution in [0.3, 0.4) is 0 Å². The molecule has 1 saturated heterocycles. The lowest BCUT2D eigenvalue weighted by atomic mass is 10.2. The molecule has 0 amide bonds. The van der Waals surface area contributed by atoms with Gasteiger partial charge in [0.1, 0.15) is 11.9 Å². The molecule has 0 radical (unpaired) electrons. The molecule has 1 aliphatic rings. The second-order valence-corrected chi connectivity index (χ2v) is 4.02. The SMILES string of the molecule is CCOc1cccc(N2CCNCC2C(=O)O)n1. The number of hydrogen-bond donors (Lipinski definition) is 2.